The molecule has 2 aliphatic heterocycles. The number of piperazine rings is 1. The van der Waals surface area contributed by atoms with Crippen LogP contribution in [0, 0.1) is 5.92 Å². The zero-order chi connectivity index (χ0) is 12.7. The summed E-state index contributed by atoms with van der Waals surface area (Å²) in [5.41, 5.74) is 6.08. The Balaban J connectivity index is 0.000001000. The number of carbonyl (C=O) groups is 1. The van der Waals surface area contributed by atoms with E-state index in [0.29, 0.717) is 18.0 Å². The molecule has 1 saturated carbocycles. The van der Waals surface area contributed by atoms with E-state index >= 15 is 0 Å². The van der Waals surface area contributed by atoms with Crippen molar-refractivity contribution in [1.82, 2.24) is 9.80 Å². The third kappa shape index (κ3) is 3.24. The van der Waals surface area contributed by atoms with Gasteiger partial charge in [-0.3, -0.25) is 9.69 Å². The second-order valence-corrected chi connectivity index (χ2v) is 6.33. The zero-order valence-electron chi connectivity index (χ0n) is 12.2. The van der Waals surface area contributed by atoms with Crippen molar-refractivity contribution in [2.24, 2.45) is 11.7 Å². The highest BCUT2D eigenvalue weighted by Gasteiger charge is 2.40. The van der Waals surface area contributed by atoms with Crippen molar-refractivity contribution in [3.8, 4) is 0 Å². The van der Waals surface area contributed by atoms with Crippen LogP contribution >= 0.6 is 24.8 Å². The van der Waals surface area contributed by atoms with Crippen molar-refractivity contribution >= 4 is 30.7 Å². The Kier molecular flexibility index (Phi) is 6.58. The van der Waals surface area contributed by atoms with Crippen molar-refractivity contribution in [3.63, 3.8) is 0 Å². The van der Waals surface area contributed by atoms with Crippen molar-refractivity contribution in [3.05, 3.63) is 0 Å². The molecule has 4 atom stereocenters. The van der Waals surface area contributed by atoms with Crippen LogP contribution in [0.3, 0.4) is 0 Å². The second kappa shape index (κ2) is 7.30. The number of hydrogen-bond donors (Lipinski definition) is 1. The lowest BCUT2D eigenvalue weighted by atomic mass is 9.99. The van der Waals surface area contributed by atoms with Crippen LogP contribution in [0.5, 0.6) is 0 Å². The predicted octanol–water partition coefficient (Wildman–Crippen LogP) is 1.65. The Hall–Kier alpha value is -0.0300. The summed E-state index contributed by atoms with van der Waals surface area (Å²) in [6.07, 6.45) is 5.69. The lowest BCUT2D eigenvalue weighted by Gasteiger charge is -2.43. The van der Waals surface area contributed by atoms with E-state index in [-0.39, 0.29) is 36.8 Å². The van der Waals surface area contributed by atoms with E-state index in [0.717, 1.165) is 32.4 Å². The summed E-state index contributed by atoms with van der Waals surface area (Å²) < 4.78 is 0. The molecule has 6 heteroatoms. The number of rotatable bonds is 1. The van der Waals surface area contributed by atoms with Gasteiger partial charge in [-0.2, -0.15) is 0 Å². The molecule has 3 fully saturated rings. The zero-order valence-corrected chi connectivity index (χ0v) is 13.8. The monoisotopic (exact) mass is 323 g/mol. The fourth-order valence-corrected chi connectivity index (χ4v) is 4.00. The maximum Gasteiger partial charge on any atom is 0.227 e. The average Bonchev–Trinajstić information content (AvgIpc) is 2.95. The van der Waals surface area contributed by atoms with Crippen molar-refractivity contribution in [2.75, 3.05) is 19.6 Å². The van der Waals surface area contributed by atoms with Crippen molar-refractivity contribution < 1.29 is 4.79 Å². The Morgan fingerprint density at radius 2 is 1.85 bits per heavy atom. The molecule has 2 heterocycles. The Morgan fingerprint density at radius 3 is 2.50 bits per heavy atom. The van der Waals surface area contributed by atoms with Gasteiger partial charge < -0.3 is 10.6 Å². The van der Waals surface area contributed by atoms with E-state index in [1.54, 1.807) is 0 Å². The number of nitrogens with zero attached hydrogens (tertiary/aromatic N) is 2. The molecule has 20 heavy (non-hydrogen) atoms. The largest absolute Gasteiger partial charge is 0.337 e. The summed E-state index contributed by atoms with van der Waals surface area (Å²) in [6.45, 7) is 5.40. The molecule has 0 bridgehead atoms. The number of amides is 1. The Bertz CT molecular complexity index is 342. The van der Waals surface area contributed by atoms with Crippen LogP contribution in [0.4, 0.5) is 0 Å². The normalized spacial score (nSPS) is 37.0. The van der Waals surface area contributed by atoms with Gasteiger partial charge in [0.25, 0.3) is 0 Å². The number of halogens is 2. The molecule has 4 unspecified atom stereocenters. The predicted molar refractivity (Wildman–Crippen MR) is 85.6 cm³/mol. The van der Waals surface area contributed by atoms with Gasteiger partial charge in [-0.05, 0) is 39.2 Å². The molecular weight excluding hydrogens is 297 g/mol. The molecule has 2 saturated heterocycles. The van der Waals surface area contributed by atoms with E-state index in [2.05, 4.69) is 16.7 Å². The molecular formula is C14H27Cl2N3O. The summed E-state index contributed by atoms with van der Waals surface area (Å²) in [7, 11) is 0. The second-order valence-electron chi connectivity index (χ2n) is 6.33. The molecule has 0 aromatic heterocycles. The van der Waals surface area contributed by atoms with Gasteiger partial charge >= 0.3 is 0 Å². The van der Waals surface area contributed by atoms with E-state index in [9.17, 15) is 4.79 Å². The molecule has 2 N–H and O–H groups in total. The van der Waals surface area contributed by atoms with Gasteiger partial charge in [0, 0.05) is 31.2 Å². The first kappa shape index (κ1) is 18.0. The third-order valence-electron chi connectivity index (χ3n) is 5.11. The minimum Gasteiger partial charge on any atom is -0.337 e. The van der Waals surface area contributed by atoms with Gasteiger partial charge in [-0.1, -0.05) is 6.42 Å². The van der Waals surface area contributed by atoms with Crippen LogP contribution in [0.2, 0.25) is 0 Å². The lowest BCUT2D eigenvalue weighted by molar-refractivity contribution is -0.141. The summed E-state index contributed by atoms with van der Waals surface area (Å²) in [5.74, 6) is 0.430. The Labute approximate surface area is 134 Å². The van der Waals surface area contributed by atoms with Gasteiger partial charge in [0.1, 0.15) is 0 Å². The molecule has 1 amide bonds. The van der Waals surface area contributed by atoms with Gasteiger partial charge in [0.15, 0.2) is 0 Å². The minimum atomic E-state index is 0. The molecule has 0 spiro atoms. The van der Waals surface area contributed by atoms with E-state index < -0.39 is 0 Å². The topological polar surface area (TPSA) is 49.6 Å². The van der Waals surface area contributed by atoms with E-state index in [1.165, 1.54) is 19.4 Å². The quantitative estimate of drug-likeness (QED) is 0.798. The smallest absolute Gasteiger partial charge is 0.227 e. The molecule has 0 aromatic rings. The molecule has 118 valence electrons. The van der Waals surface area contributed by atoms with Crippen LogP contribution in [0.25, 0.3) is 0 Å². The highest BCUT2D eigenvalue weighted by molar-refractivity contribution is 5.85. The van der Waals surface area contributed by atoms with Crippen LogP contribution in [-0.2, 0) is 4.79 Å². The first-order chi connectivity index (χ1) is 8.66. The molecule has 0 radical (unpaired) electrons. The SMILES string of the molecule is CC1CN2CCCC2CN1C(=O)C1CCCC1N.Cl.Cl. The maximum atomic E-state index is 12.6. The van der Waals surface area contributed by atoms with Crippen molar-refractivity contribution in [2.45, 2.75) is 57.2 Å². The van der Waals surface area contributed by atoms with Gasteiger partial charge in [0.05, 0.1) is 5.92 Å². The highest BCUT2D eigenvalue weighted by Crippen LogP contribution is 2.30. The van der Waals surface area contributed by atoms with Crippen LogP contribution in [0.1, 0.15) is 39.0 Å². The summed E-state index contributed by atoms with van der Waals surface area (Å²) in [5, 5.41) is 0. The molecule has 3 rings (SSSR count). The van der Waals surface area contributed by atoms with Crippen molar-refractivity contribution in [1.29, 1.82) is 0 Å². The average molecular weight is 324 g/mol. The van der Waals surface area contributed by atoms with Crippen LogP contribution in [-0.4, -0.2) is 53.5 Å². The standard InChI is InChI=1S/C14H25N3O.2ClH/c1-10-8-16-7-3-4-11(16)9-17(10)14(18)12-5-2-6-13(12)15;;/h10-13H,2-9,15H2,1H3;2*1H. The number of hydrogen-bond acceptors (Lipinski definition) is 3. The summed E-state index contributed by atoms with van der Waals surface area (Å²) in [6, 6.07) is 1.08. The molecule has 1 aliphatic carbocycles. The highest BCUT2D eigenvalue weighted by atomic mass is 35.5. The minimum absolute atomic E-state index is 0. The van der Waals surface area contributed by atoms with E-state index in [4.69, 9.17) is 5.73 Å². The number of nitrogens with two attached hydrogens (primary N) is 1. The Morgan fingerprint density at radius 1 is 1.10 bits per heavy atom. The number of fused-ring (bicyclic) bond motifs is 1. The van der Waals surface area contributed by atoms with Crippen LogP contribution in [0.15, 0.2) is 0 Å². The van der Waals surface area contributed by atoms with E-state index in [1.807, 2.05) is 0 Å². The molecule has 0 aromatic carbocycles. The molecule has 4 nitrogen and oxygen atoms in total. The lowest BCUT2D eigenvalue weighted by Crippen LogP contribution is -2.58. The first-order valence-corrected chi connectivity index (χ1v) is 7.47. The number of carbonyl (C=O) groups excluding carboxylic acids is 1. The van der Waals surface area contributed by atoms with Gasteiger partial charge in [-0.25, -0.2) is 0 Å². The van der Waals surface area contributed by atoms with Crippen LogP contribution < -0.4 is 5.73 Å². The summed E-state index contributed by atoms with van der Waals surface area (Å²) >= 11 is 0. The summed E-state index contributed by atoms with van der Waals surface area (Å²) in [4.78, 5) is 17.3. The fourth-order valence-electron chi connectivity index (χ4n) is 4.00. The molecule has 3 aliphatic rings. The third-order valence-corrected chi connectivity index (χ3v) is 5.11. The first-order valence-electron chi connectivity index (χ1n) is 7.47. The maximum absolute atomic E-state index is 12.6. The van der Waals surface area contributed by atoms with Gasteiger partial charge in [-0.15, -0.1) is 24.8 Å². The van der Waals surface area contributed by atoms with Gasteiger partial charge in [0.2, 0.25) is 5.91 Å². The fraction of sp³-hybridized carbons (Fsp3) is 0.929.